The molecule has 2 N–H and O–H groups in total. The van der Waals surface area contributed by atoms with Gasteiger partial charge in [-0.05, 0) is 26.2 Å². The zero-order chi connectivity index (χ0) is 15.1. The lowest BCUT2D eigenvalue weighted by molar-refractivity contribution is 0.107. The molecule has 2 atom stereocenters. The predicted molar refractivity (Wildman–Crippen MR) is 90.1 cm³/mol. The Morgan fingerprint density at radius 3 is 1.75 bits per heavy atom. The topological polar surface area (TPSA) is 35.2 Å². The van der Waals surface area contributed by atoms with Gasteiger partial charge >= 0.3 is 0 Å². The minimum Gasteiger partial charge on any atom is -0.382 e. The molecule has 0 rings (SSSR count). The maximum absolute atomic E-state index is 6.13. The Hall–Kier alpha value is -0.0800. The van der Waals surface area contributed by atoms with Gasteiger partial charge in [0.15, 0.2) is 0 Å². The van der Waals surface area contributed by atoms with E-state index in [1.54, 1.807) is 7.11 Å². The van der Waals surface area contributed by atoms with Gasteiger partial charge in [-0.3, -0.25) is 0 Å². The average molecular weight is 286 g/mol. The van der Waals surface area contributed by atoms with Gasteiger partial charge in [0, 0.05) is 13.2 Å². The molecule has 2 heteroatoms. The molecule has 0 radical (unpaired) electrons. The summed E-state index contributed by atoms with van der Waals surface area (Å²) in [7, 11) is 1.78. The quantitative estimate of drug-likeness (QED) is 0.407. The molecular weight excluding hydrogens is 246 g/mol. The number of nitrogens with two attached hydrogens (primary N) is 1. The van der Waals surface area contributed by atoms with Crippen LogP contribution in [-0.2, 0) is 4.74 Å². The molecule has 0 saturated heterocycles. The third kappa shape index (κ3) is 14.3. The standard InChI is InChI=1S/C18H39NO/c1-4-5-6-7-8-9-10-11-12-13-14-18(19)16-15-17(2)20-3/h17-18H,4-16,19H2,1-3H3. The lowest BCUT2D eigenvalue weighted by atomic mass is 10.0. The van der Waals surface area contributed by atoms with Gasteiger partial charge in [0.25, 0.3) is 0 Å². The molecule has 0 aliphatic carbocycles. The van der Waals surface area contributed by atoms with Gasteiger partial charge < -0.3 is 10.5 Å². The molecule has 0 aliphatic heterocycles. The van der Waals surface area contributed by atoms with Crippen LogP contribution in [0.4, 0.5) is 0 Å². The highest BCUT2D eigenvalue weighted by Crippen LogP contribution is 2.13. The molecule has 0 bridgehead atoms. The van der Waals surface area contributed by atoms with Crippen LogP contribution in [0, 0.1) is 0 Å². The summed E-state index contributed by atoms with van der Waals surface area (Å²) in [6.45, 7) is 4.40. The number of hydrogen-bond donors (Lipinski definition) is 1. The third-order valence-electron chi connectivity index (χ3n) is 4.27. The summed E-state index contributed by atoms with van der Waals surface area (Å²) in [5.74, 6) is 0. The van der Waals surface area contributed by atoms with Crippen LogP contribution in [0.3, 0.4) is 0 Å². The Balaban J connectivity index is 3.15. The summed E-state index contributed by atoms with van der Waals surface area (Å²) in [6.07, 6.45) is 17.7. The van der Waals surface area contributed by atoms with Crippen molar-refractivity contribution in [3.05, 3.63) is 0 Å². The van der Waals surface area contributed by atoms with Gasteiger partial charge in [-0.25, -0.2) is 0 Å². The number of hydrogen-bond acceptors (Lipinski definition) is 2. The van der Waals surface area contributed by atoms with Gasteiger partial charge in [-0.2, -0.15) is 0 Å². The summed E-state index contributed by atoms with van der Waals surface area (Å²) in [5, 5.41) is 0. The van der Waals surface area contributed by atoms with Crippen molar-refractivity contribution in [2.45, 2.75) is 109 Å². The van der Waals surface area contributed by atoms with Crippen molar-refractivity contribution in [1.82, 2.24) is 0 Å². The van der Waals surface area contributed by atoms with Gasteiger partial charge in [0.05, 0.1) is 6.10 Å². The van der Waals surface area contributed by atoms with Crippen molar-refractivity contribution >= 4 is 0 Å². The van der Waals surface area contributed by atoms with Gasteiger partial charge in [0.2, 0.25) is 0 Å². The fourth-order valence-electron chi connectivity index (χ4n) is 2.60. The van der Waals surface area contributed by atoms with E-state index in [4.69, 9.17) is 10.5 Å². The number of methoxy groups -OCH3 is 1. The maximum Gasteiger partial charge on any atom is 0.0543 e. The van der Waals surface area contributed by atoms with E-state index < -0.39 is 0 Å². The van der Waals surface area contributed by atoms with E-state index in [-0.39, 0.29) is 0 Å². The Labute approximate surface area is 127 Å². The maximum atomic E-state index is 6.13. The summed E-state index contributed by atoms with van der Waals surface area (Å²) < 4.78 is 5.25. The molecule has 122 valence electrons. The fourth-order valence-corrected chi connectivity index (χ4v) is 2.60. The van der Waals surface area contributed by atoms with Crippen LogP contribution in [0.1, 0.15) is 97.3 Å². The van der Waals surface area contributed by atoms with E-state index in [2.05, 4.69) is 13.8 Å². The second-order valence-corrected chi connectivity index (χ2v) is 6.35. The zero-order valence-electron chi connectivity index (χ0n) is 14.3. The molecule has 0 heterocycles. The molecule has 2 unspecified atom stereocenters. The van der Waals surface area contributed by atoms with E-state index in [0.717, 1.165) is 12.8 Å². The summed E-state index contributed by atoms with van der Waals surface area (Å²) in [4.78, 5) is 0. The Morgan fingerprint density at radius 2 is 1.25 bits per heavy atom. The van der Waals surface area contributed by atoms with Crippen molar-refractivity contribution in [3.8, 4) is 0 Å². The predicted octanol–water partition coefficient (Wildman–Crippen LogP) is 5.44. The highest BCUT2D eigenvalue weighted by atomic mass is 16.5. The van der Waals surface area contributed by atoms with Crippen LogP contribution in [0.15, 0.2) is 0 Å². The summed E-state index contributed by atoms with van der Waals surface area (Å²) in [6, 6.07) is 0.377. The van der Waals surface area contributed by atoms with Crippen molar-refractivity contribution in [2.24, 2.45) is 5.73 Å². The smallest absolute Gasteiger partial charge is 0.0543 e. The molecule has 0 aliphatic rings. The van der Waals surface area contributed by atoms with Crippen molar-refractivity contribution in [3.63, 3.8) is 0 Å². The van der Waals surface area contributed by atoms with Crippen molar-refractivity contribution in [1.29, 1.82) is 0 Å². The van der Waals surface area contributed by atoms with E-state index >= 15 is 0 Å². The molecule has 20 heavy (non-hydrogen) atoms. The van der Waals surface area contributed by atoms with Crippen LogP contribution in [0.25, 0.3) is 0 Å². The number of unbranched alkanes of at least 4 members (excludes halogenated alkanes) is 9. The summed E-state index contributed by atoms with van der Waals surface area (Å²) in [5.41, 5.74) is 6.13. The first-order valence-electron chi connectivity index (χ1n) is 8.99. The molecule has 0 aromatic carbocycles. The van der Waals surface area contributed by atoms with E-state index in [1.165, 1.54) is 70.6 Å². The molecule has 0 saturated carbocycles. The van der Waals surface area contributed by atoms with Crippen LogP contribution in [-0.4, -0.2) is 19.3 Å². The molecular formula is C18H39NO. The lowest BCUT2D eigenvalue weighted by Crippen LogP contribution is -2.21. The van der Waals surface area contributed by atoms with Gasteiger partial charge in [-0.15, -0.1) is 0 Å². The van der Waals surface area contributed by atoms with Crippen LogP contribution in [0.2, 0.25) is 0 Å². The normalized spacial score (nSPS) is 14.4. The first-order chi connectivity index (χ1) is 9.70. The minimum absolute atomic E-state index is 0.355. The Kier molecular flexibility index (Phi) is 15.3. The van der Waals surface area contributed by atoms with Crippen LogP contribution >= 0.6 is 0 Å². The van der Waals surface area contributed by atoms with E-state index in [9.17, 15) is 0 Å². The summed E-state index contributed by atoms with van der Waals surface area (Å²) >= 11 is 0. The highest BCUT2D eigenvalue weighted by molar-refractivity contribution is 4.64. The van der Waals surface area contributed by atoms with E-state index in [1.807, 2.05) is 0 Å². The van der Waals surface area contributed by atoms with Crippen molar-refractivity contribution < 1.29 is 4.74 Å². The first kappa shape index (κ1) is 19.9. The SMILES string of the molecule is CCCCCCCCCCCCC(N)CCC(C)OC. The molecule has 0 fully saturated rings. The molecule has 0 amide bonds. The third-order valence-corrected chi connectivity index (χ3v) is 4.27. The van der Waals surface area contributed by atoms with Gasteiger partial charge in [0.1, 0.15) is 0 Å². The second-order valence-electron chi connectivity index (χ2n) is 6.35. The molecule has 0 aromatic heterocycles. The second kappa shape index (κ2) is 15.3. The molecule has 0 spiro atoms. The number of ether oxygens (including phenoxy) is 1. The fraction of sp³-hybridized carbons (Fsp3) is 1.00. The molecule has 2 nitrogen and oxygen atoms in total. The van der Waals surface area contributed by atoms with Gasteiger partial charge in [-0.1, -0.05) is 71.1 Å². The Bertz CT molecular complexity index is 184. The van der Waals surface area contributed by atoms with E-state index in [0.29, 0.717) is 12.1 Å². The highest BCUT2D eigenvalue weighted by Gasteiger charge is 2.05. The first-order valence-corrected chi connectivity index (χ1v) is 8.99. The largest absolute Gasteiger partial charge is 0.382 e. The average Bonchev–Trinajstić information content (AvgIpc) is 2.46. The van der Waals surface area contributed by atoms with Crippen LogP contribution in [0.5, 0.6) is 0 Å². The number of rotatable bonds is 15. The van der Waals surface area contributed by atoms with Crippen LogP contribution < -0.4 is 5.73 Å². The lowest BCUT2D eigenvalue weighted by Gasteiger charge is -2.14. The molecule has 0 aromatic rings. The monoisotopic (exact) mass is 285 g/mol. The zero-order valence-corrected chi connectivity index (χ0v) is 14.3. The minimum atomic E-state index is 0.355. The Morgan fingerprint density at radius 1 is 0.750 bits per heavy atom. The van der Waals surface area contributed by atoms with Crippen molar-refractivity contribution in [2.75, 3.05) is 7.11 Å².